The van der Waals surface area contributed by atoms with Crippen molar-refractivity contribution in [2.45, 2.75) is 58.2 Å². The normalized spacial score (nSPS) is 19.0. The number of ether oxygens (including phenoxy) is 1. The van der Waals surface area contributed by atoms with Crippen molar-refractivity contribution in [3.63, 3.8) is 0 Å². The number of nitrogens with one attached hydrogen (secondary N) is 2. The molecule has 1 aromatic rings. The molecule has 1 saturated heterocycles. The number of anilines is 1. The molecule has 0 aromatic carbocycles. The summed E-state index contributed by atoms with van der Waals surface area (Å²) in [6.45, 7) is 9.60. The Labute approximate surface area is 162 Å². The zero-order valence-corrected chi connectivity index (χ0v) is 17.2. The molecule has 26 heavy (non-hydrogen) atoms. The zero-order chi connectivity index (χ0) is 19.1. The number of nitrogens with zero attached hydrogens (tertiary/aromatic N) is 2. The maximum Gasteiger partial charge on any atom is 0.408 e. The van der Waals surface area contributed by atoms with E-state index in [1.165, 1.54) is 0 Å². The van der Waals surface area contributed by atoms with Crippen LogP contribution < -0.4 is 15.5 Å². The number of hydrogen-bond donors (Lipinski definition) is 2. The lowest BCUT2D eigenvalue weighted by Gasteiger charge is -2.41. The molecular weight excluding hydrogens is 400 g/mol. The topological polar surface area (TPSA) is 83.6 Å². The van der Waals surface area contributed by atoms with Gasteiger partial charge in [-0.25, -0.2) is 9.78 Å². The minimum atomic E-state index is -0.511. The summed E-state index contributed by atoms with van der Waals surface area (Å²) in [6, 6.07) is 0. The molecule has 0 radical (unpaired) electrons. The van der Waals surface area contributed by atoms with Crippen molar-refractivity contribution in [3.05, 3.63) is 21.8 Å². The van der Waals surface area contributed by atoms with E-state index in [2.05, 4.69) is 36.4 Å². The molecule has 3 rings (SSSR count). The van der Waals surface area contributed by atoms with Gasteiger partial charge in [-0.15, -0.1) is 0 Å². The number of halogens is 1. The number of fused-ring (bicyclic) bond motifs is 1. The van der Waals surface area contributed by atoms with Crippen molar-refractivity contribution in [2.75, 3.05) is 18.0 Å². The molecular formula is C18H25BrN4O3. The number of amides is 2. The number of alkyl carbamates (subject to hydrolysis) is 1. The monoisotopic (exact) mass is 424 g/mol. The predicted octanol–water partition coefficient (Wildman–Crippen LogP) is 2.97. The maximum atomic E-state index is 12.1. The highest BCUT2D eigenvalue weighted by Crippen LogP contribution is 2.33. The lowest BCUT2D eigenvalue weighted by molar-refractivity contribution is 0.0448. The number of hydrogen-bond acceptors (Lipinski definition) is 5. The molecule has 8 heteroatoms. The van der Waals surface area contributed by atoms with Crippen molar-refractivity contribution in [1.82, 2.24) is 15.6 Å². The summed E-state index contributed by atoms with van der Waals surface area (Å²) < 4.78 is 6.10. The molecule has 0 spiro atoms. The summed E-state index contributed by atoms with van der Waals surface area (Å²) in [6.07, 6.45) is 2.86. The van der Waals surface area contributed by atoms with E-state index in [0.29, 0.717) is 12.1 Å². The summed E-state index contributed by atoms with van der Waals surface area (Å²) in [7, 11) is 0. The smallest absolute Gasteiger partial charge is 0.408 e. The summed E-state index contributed by atoms with van der Waals surface area (Å²) in [5.41, 5.74) is 0.789. The largest absolute Gasteiger partial charge is 0.444 e. The summed E-state index contributed by atoms with van der Waals surface area (Å²) in [4.78, 5) is 30.8. The first kappa shape index (κ1) is 18.9. The Bertz CT molecular complexity index is 737. The van der Waals surface area contributed by atoms with Crippen LogP contribution in [0, 0.1) is 0 Å². The van der Waals surface area contributed by atoms with E-state index in [0.717, 1.165) is 41.8 Å². The first-order valence-corrected chi connectivity index (χ1v) is 9.59. The molecule has 1 fully saturated rings. The second-order valence-electron chi connectivity index (χ2n) is 8.14. The molecule has 0 saturated carbocycles. The average molecular weight is 425 g/mol. The fourth-order valence-corrected chi connectivity index (χ4v) is 3.87. The molecule has 1 aromatic heterocycles. The zero-order valence-electron chi connectivity index (χ0n) is 15.6. The van der Waals surface area contributed by atoms with Gasteiger partial charge in [-0.2, -0.15) is 0 Å². The van der Waals surface area contributed by atoms with Gasteiger partial charge in [0.25, 0.3) is 5.91 Å². The van der Waals surface area contributed by atoms with Crippen molar-refractivity contribution >= 4 is 33.7 Å². The summed E-state index contributed by atoms with van der Waals surface area (Å²) >= 11 is 3.41. The minimum absolute atomic E-state index is 0.0658. The van der Waals surface area contributed by atoms with Crippen LogP contribution in [0.5, 0.6) is 0 Å². The third-order valence-electron chi connectivity index (χ3n) is 4.73. The van der Waals surface area contributed by atoms with E-state index in [1.54, 1.807) is 6.20 Å². The number of rotatable bonds is 2. The molecule has 3 heterocycles. The second-order valence-corrected chi connectivity index (χ2v) is 8.99. The molecule has 142 valence electrons. The summed E-state index contributed by atoms with van der Waals surface area (Å²) in [5.74, 6) is 0.782. The van der Waals surface area contributed by atoms with Crippen LogP contribution in [0.3, 0.4) is 0 Å². The van der Waals surface area contributed by atoms with Crippen LogP contribution in [0.2, 0.25) is 0 Å². The van der Waals surface area contributed by atoms with Gasteiger partial charge in [0.1, 0.15) is 11.4 Å². The lowest BCUT2D eigenvalue weighted by atomic mass is 9.89. The van der Waals surface area contributed by atoms with Crippen LogP contribution in [-0.4, -0.2) is 41.2 Å². The molecule has 0 unspecified atom stereocenters. The highest BCUT2D eigenvalue weighted by atomic mass is 79.9. The fraction of sp³-hybridized carbons (Fsp3) is 0.611. The third-order valence-corrected chi connectivity index (χ3v) is 5.33. The maximum absolute atomic E-state index is 12.1. The van der Waals surface area contributed by atoms with Crippen LogP contribution in [0.25, 0.3) is 0 Å². The SMILES string of the molecule is CC1(NC(=O)OC(C)(C)C)CCN(c2ncc(Br)c3c2CNC3=O)CC1. The highest BCUT2D eigenvalue weighted by Gasteiger charge is 2.35. The number of carbonyl (C=O) groups is 2. The molecule has 0 aliphatic carbocycles. The van der Waals surface area contributed by atoms with Gasteiger partial charge in [-0.05, 0) is 56.5 Å². The predicted molar refractivity (Wildman–Crippen MR) is 102 cm³/mol. The van der Waals surface area contributed by atoms with E-state index in [1.807, 2.05) is 27.7 Å². The van der Waals surface area contributed by atoms with Gasteiger partial charge in [0.2, 0.25) is 0 Å². The third kappa shape index (κ3) is 3.95. The first-order valence-electron chi connectivity index (χ1n) is 8.80. The lowest BCUT2D eigenvalue weighted by Crippen LogP contribution is -2.54. The van der Waals surface area contributed by atoms with Crippen molar-refractivity contribution in [3.8, 4) is 0 Å². The van der Waals surface area contributed by atoms with Crippen LogP contribution in [-0.2, 0) is 11.3 Å². The van der Waals surface area contributed by atoms with Gasteiger partial charge in [0.15, 0.2) is 0 Å². The molecule has 7 nitrogen and oxygen atoms in total. The Morgan fingerprint density at radius 3 is 2.65 bits per heavy atom. The Morgan fingerprint density at radius 2 is 2.04 bits per heavy atom. The molecule has 2 aliphatic rings. The minimum Gasteiger partial charge on any atom is -0.444 e. The van der Waals surface area contributed by atoms with Gasteiger partial charge in [-0.1, -0.05) is 0 Å². The molecule has 2 aliphatic heterocycles. The average Bonchev–Trinajstić information content (AvgIpc) is 2.89. The number of carbonyl (C=O) groups excluding carboxylic acids is 2. The molecule has 2 amide bonds. The van der Waals surface area contributed by atoms with Gasteiger partial charge in [0, 0.05) is 41.4 Å². The Balaban J connectivity index is 1.68. The Kier molecular flexibility index (Phi) is 4.90. The van der Waals surface area contributed by atoms with Crippen molar-refractivity contribution in [1.29, 1.82) is 0 Å². The molecule has 0 bridgehead atoms. The van der Waals surface area contributed by atoms with E-state index in [4.69, 9.17) is 4.74 Å². The highest BCUT2D eigenvalue weighted by molar-refractivity contribution is 9.10. The van der Waals surface area contributed by atoms with Gasteiger partial charge >= 0.3 is 6.09 Å². The van der Waals surface area contributed by atoms with Gasteiger partial charge in [0.05, 0.1) is 5.56 Å². The van der Waals surface area contributed by atoms with E-state index in [9.17, 15) is 9.59 Å². The Morgan fingerprint density at radius 1 is 1.38 bits per heavy atom. The van der Waals surface area contributed by atoms with E-state index in [-0.39, 0.29) is 17.5 Å². The van der Waals surface area contributed by atoms with Crippen LogP contribution in [0.15, 0.2) is 10.7 Å². The quantitative estimate of drug-likeness (QED) is 0.762. The van der Waals surface area contributed by atoms with Crippen LogP contribution >= 0.6 is 15.9 Å². The molecule has 0 atom stereocenters. The standard InChI is InChI=1S/C18H25BrN4O3/c1-17(2,3)26-16(25)22-18(4)5-7-23(8-6-18)14-11-9-21-15(24)13(11)12(19)10-20-14/h10H,5-9H2,1-4H3,(H,21,24)(H,22,25). The van der Waals surface area contributed by atoms with Gasteiger partial charge < -0.3 is 20.3 Å². The number of piperidine rings is 1. The van der Waals surface area contributed by atoms with E-state index >= 15 is 0 Å². The van der Waals surface area contributed by atoms with Crippen molar-refractivity contribution < 1.29 is 14.3 Å². The number of aromatic nitrogens is 1. The summed E-state index contributed by atoms with van der Waals surface area (Å²) in [5, 5.41) is 5.87. The fourth-order valence-electron chi connectivity index (χ4n) is 3.35. The van der Waals surface area contributed by atoms with Crippen molar-refractivity contribution in [2.24, 2.45) is 0 Å². The van der Waals surface area contributed by atoms with E-state index < -0.39 is 5.60 Å². The first-order chi connectivity index (χ1) is 12.1. The Hall–Kier alpha value is -1.83. The van der Waals surface area contributed by atoms with Crippen LogP contribution in [0.4, 0.5) is 10.6 Å². The number of pyridine rings is 1. The van der Waals surface area contributed by atoms with Gasteiger partial charge in [-0.3, -0.25) is 4.79 Å². The second kappa shape index (κ2) is 6.72. The van der Waals surface area contributed by atoms with Crippen LogP contribution in [0.1, 0.15) is 56.5 Å². The molecule has 2 N–H and O–H groups in total.